The highest BCUT2D eigenvalue weighted by atomic mass is 32.1. The van der Waals surface area contributed by atoms with Gasteiger partial charge in [0, 0.05) is 11.3 Å². The van der Waals surface area contributed by atoms with E-state index in [1.165, 1.54) is 49.6 Å². The number of amides is 3. The monoisotopic (exact) mass is 564 g/mol. The lowest BCUT2D eigenvalue weighted by atomic mass is 10.1. The number of rotatable bonds is 9. The van der Waals surface area contributed by atoms with E-state index in [0.717, 1.165) is 16.0 Å². The normalized spacial score (nSPS) is 14.6. The highest BCUT2D eigenvalue weighted by Crippen LogP contribution is 2.27. The van der Waals surface area contributed by atoms with E-state index in [-0.39, 0.29) is 29.3 Å². The summed E-state index contributed by atoms with van der Waals surface area (Å²) in [6.07, 6.45) is -0.369. The molecule has 3 amide bonds. The van der Waals surface area contributed by atoms with E-state index in [1.807, 2.05) is 0 Å². The van der Waals surface area contributed by atoms with Crippen molar-refractivity contribution < 1.29 is 33.0 Å². The molecule has 0 aliphatic carbocycles. The first-order valence-electron chi connectivity index (χ1n) is 12.2. The van der Waals surface area contributed by atoms with Gasteiger partial charge in [0.05, 0.1) is 31.4 Å². The molecule has 1 aliphatic heterocycles. The first kappa shape index (κ1) is 28.2. The van der Waals surface area contributed by atoms with Crippen LogP contribution in [0.15, 0.2) is 72.8 Å². The second-order valence-electron chi connectivity index (χ2n) is 8.54. The topological polar surface area (TPSA) is 117 Å². The molecule has 0 radical (unpaired) electrons. The van der Waals surface area contributed by atoms with Gasteiger partial charge in [-0.3, -0.25) is 24.7 Å². The summed E-state index contributed by atoms with van der Waals surface area (Å²) >= 11 is 5.53. The zero-order chi connectivity index (χ0) is 28.8. The minimum Gasteiger partial charge on any atom is -0.497 e. The molecule has 0 spiro atoms. The Labute approximate surface area is 234 Å². The lowest BCUT2D eigenvalue weighted by molar-refractivity contribution is -0.124. The number of carbonyl (C=O) groups is 4. The van der Waals surface area contributed by atoms with Gasteiger partial charge in [-0.25, -0.2) is 14.2 Å². The molecule has 0 saturated carbocycles. The van der Waals surface area contributed by atoms with Crippen molar-refractivity contribution in [1.29, 1.82) is 0 Å². The quantitative estimate of drug-likeness (QED) is 0.299. The van der Waals surface area contributed by atoms with Gasteiger partial charge >= 0.3 is 5.97 Å². The van der Waals surface area contributed by atoms with Crippen LogP contribution < -0.4 is 20.4 Å². The number of hydrogen-bond acceptors (Lipinski definition) is 7. The van der Waals surface area contributed by atoms with Crippen LogP contribution in [0.1, 0.15) is 34.1 Å². The molecule has 1 fully saturated rings. The van der Waals surface area contributed by atoms with Gasteiger partial charge in [0.15, 0.2) is 0 Å². The highest BCUT2D eigenvalue weighted by molar-refractivity contribution is 7.80. The van der Waals surface area contributed by atoms with Crippen LogP contribution in [0.3, 0.4) is 0 Å². The van der Waals surface area contributed by atoms with Crippen molar-refractivity contribution in [3.8, 4) is 5.75 Å². The molecule has 1 heterocycles. The summed E-state index contributed by atoms with van der Waals surface area (Å²) in [4.78, 5) is 52.7. The molecule has 0 unspecified atom stereocenters. The maximum atomic E-state index is 13.7. The van der Waals surface area contributed by atoms with E-state index in [1.54, 1.807) is 31.2 Å². The number of ether oxygens (including phenoxy) is 2. The van der Waals surface area contributed by atoms with E-state index in [4.69, 9.17) is 21.7 Å². The van der Waals surface area contributed by atoms with Gasteiger partial charge in [-0.2, -0.15) is 0 Å². The fourth-order valence-electron chi connectivity index (χ4n) is 3.96. The number of methoxy groups -OCH3 is 1. The van der Waals surface area contributed by atoms with E-state index in [9.17, 15) is 23.6 Å². The molecule has 1 saturated heterocycles. The number of anilines is 2. The third-order valence-corrected chi connectivity index (χ3v) is 6.29. The number of benzene rings is 3. The van der Waals surface area contributed by atoms with E-state index < -0.39 is 35.5 Å². The van der Waals surface area contributed by atoms with Crippen LogP contribution in [0.5, 0.6) is 5.75 Å². The number of thiocarbonyl (C=S) groups is 1. The van der Waals surface area contributed by atoms with Gasteiger partial charge in [-0.1, -0.05) is 6.07 Å². The first-order valence-corrected chi connectivity index (χ1v) is 12.6. The molecule has 4 rings (SSSR count). The number of halogens is 1. The predicted octanol–water partition coefficient (Wildman–Crippen LogP) is 3.69. The van der Waals surface area contributed by atoms with Gasteiger partial charge in [0.2, 0.25) is 11.0 Å². The van der Waals surface area contributed by atoms with Gasteiger partial charge in [-0.15, -0.1) is 0 Å². The Morgan fingerprint density at radius 1 is 1.00 bits per heavy atom. The van der Waals surface area contributed by atoms with Gasteiger partial charge in [0.25, 0.3) is 11.8 Å². The minimum absolute atomic E-state index is 0.00563. The van der Waals surface area contributed by atoms with Gasteiger partial charge in [-0.05, 0) is 85.9 Å². The zero-order valence-corrected chi connectivity index (χ0v) is 22.4. The van der Waals surface area contributed by atoms with Crippen molar-refractivity contribution in [3.05, 3.63) is 89.7 Å². The van der Waals surface area contributed by atoms with Crippen molar-refractivity contribution in [2.45, 2.75) is 19.4 Å². The molecule has 3 aromatic carbocycles. The standard InChI is InChI=1S/C28H25FN4O6S/c1-3-39-27(37)17-7-11-21(12-8-17)32-26(36)23(16-24(34)30-20-9-13-22(38-2)14-10-20)33(28(32)40)31-25(35)18-5-4-6-19(29)15-18/h4-15,23H,3,16H2,1-2H3,(H,30,34)(H,31,35)/t23-/m1/s1. The molecule has 1 atom stereocenters. The molecule has 1 aliphatic rings. The average molecular weight is 565 g/mol. The maximum Gasteiger partial charge on any atom is 0.338 e. The molecule has 12 heteroatoms. The third-order valence-electron chi connectivity index (χ3n) is 5.91. The Bertz CT molecular complexity index is 1450. The summed E-state index contributed by atoms with van der Waals surface area (Å²) in [7, 11) is 1.52. The summed E-state index contributed by atoms with van der Waals surface area (Å²) in [5.41, 5.74) is 3.59. The second kappa shape index (κ2) is 12.3. The lowest BCUT2D eigenvalue weighted by Gasteiger charge is -2.24. The van der Waals surface area contributed by atoms with Crippen LogP contribution in [-0.2, 0) is 14.3 Å². The van der Waals surface area contributed by atoms with Crippen LogP contribution in [0.25, 0.3) is 0 Å². The Morgan fingerprint density at radius 3 is 2.33 bits per heavy atom. The number of hydrazine groups is 1. The van der Waals surface area contributed by atoms with Crippen LogP contribution in [0.4, 0.5) is 15.8 Å². The predicted molar refractivity (Wildman–Crippen MR) is 148 cm³/mol. The van der Waals surface area contributed by atoms with Crippen molar-refractivity contribution in [2.75, 3.05) is 23.9 Å². The molecule has 40 heavy (non-hydrogen) atoms. The van der Waals surface area contributed by atoms with Crippen molar-refractivity contribution >= 4 is 52.4 Å². The average Bonchev–Trinajstić information content (AvgIpc) is 3.17. The van der Waals surface area contributed by atoms with Crippen molar-refractivity contribution in [3.63, 3.8) is 0 Å². The molecule has 10 nitrogen and oxygen atoms in total. The Kier molecular flexibility index (Phi) is 8.70. The number of hydrogen-bond donors (Lipinski definition) is 2. The summed E-state index contributed by atoms with van der Waals surface area (Å²) in [5, 5.41) is 3.70. The number of esters is 1. The molecule has 0 bridgehead atoms. The lowest BCUT2D eigenvalue weighted by Crippen LogP contribution is -2.49. The number of carbonyl (C=O) groups excluding carboxylic acids is 4. The number of nitrogens with one attached hydrogen (secondary N) is 2. The molecule has 3 aromatic rings. The maximum absolute atomic E-state index is 13.7. The summed E-state index contributed by atoms with van der Waals surface area (Å²) in [5.74, 6) is -2.37. The van der Waals surface area contributed by atoms with E-state index in [2.05, 4.69) is 10.7 Å². The fourth-order valence-corrected chi connectivity index (χ4v) is 4.33. The first-order chi connectivity index (χ1) is 19.2. The molecular formula is C28H25FN4O6S. The van der Waals surface area contributed by atoms with Crippen molar-refractivity contribution in [1.82, 2.24) is 10.4 Å². The third kappa shape index (κ3) is 6.24. The number of nitrogens with zero attached hydrogens (tertiary/aromatic N) is 2. The zero-order valence-electron chi connectivity index (χ0n) is 21.5. The highest BCUT2D eigenvalue weighted by Gasteiger charge is 2.45. The fraction of sp³-hybridized carbons (Fsp3) is 0.179. The van der Waals surface area contributed by atoms with E-state index >= 15 is 0 Å². The Hall–Kier alpha value is -4.84. The van der Waals surface area contributed by atoms with E-state index in [0.29, 0.717) is 17.1 Å². The molecule has 2 N–H and O–H groups in total. The van der Waals surface area contributed by atoms with Gasteiger partial charge in [0.1, 0.15) is 17.6 Å². The van der Waals surface area contributed by atoms with Gasteiger partial charge < -0.3 is 14.8 Å². The molecule has 0 aromatic heterocycles. The van der Waals surface area contributed by atoms with Crippen LogP contribution in [-0.4, -0.2) is 53.6 Å². The molecular weight excluding hydrogens is 539 g/mol. The smallest absolute Gasteiger partial charge is 0.338 e. The summed E-state index contributed by atoms with van der Waals surface area (Å²) in [6, 6.07) is 16.3. The van der Waals surface area contributed by atoms with Crippen LogP contribution >= 0.6 is 12.2 Å². The minimum atomic E-state index is -1.21. The van der Waals surface area contributed by atoms with Crippen LogP contribution in [0, 0.1) is 5.82 Å². The summed E-state index contributed by atoms with van der Waals surface area (Å²) < 4.78 is 23.8. The second-order valence-corrected chi connectivity index (χ2v) is 8.91. The Morgan fingerprint density at radius 2 is 1.70 bits per heavy atom. The van der Waals surface area contributed by atoms with Crippen LogP contribution in [0.2, 0.25) is 0 Å². The summed E-state index contributed by atoms with van der Waals surface area (Å²) in [6.45, 7) is 1.89. The Balaban J connectivity index is 1.59. The van der Waals surface area contributed by atoms with Crippen molar-refractivity contribution in [2.24, 2.45) is 0 Å². The molecule has 206 valence electrons. The SMILES string of the molecule is CCOC(=O)c1ccc(N2C(=O)[C@@H](CC(=O)Nc3ccc(OC)cc3)N(NC(=O)c3cccc(F)c3)C2=S)cc1. The largest absolute Gasteiger partial charge is 0.497 e.